The van der Waals surface area contributed by atoms with Crippen LogP contribution in [0.2, 0.25) is 0 Å². The van der Waals surface area contributed by atoms with Gasteiger partial charge in [-0.2, -0.15) is 5.10 Å². The van der Waals surface area contributed by atoms with Gasteiger partial charge in [-0.25, -0.2) is 0 Å². The maximum atomic E-state index is 5.44. The van der Waals surface area contributed by atoms with Crippen molar-refractivity contribution >= 4 is 11.8 Å². The van der Waals surface area contributed by atoms with Gasteiger partial charge in [0.25, 0.3) is 0 Å². The van der Waals surface area contributed by atoms with Crippen LogP contribution in [0.3, 0.4) is 0 Å². The van der Waals surface area contributed by atoms with Crippen molar-refractivity contribution in [3.05, 3.63) is 46.9 Å². The molecule has 0 amide bonds. The molecule has 5 rings (SSSR count). The molecule has 1 fully saturated rings. The normalized spacial score (nSPS) is 38.2. The molecule has 0 saturated heterocycles. The predicted octanol–water partition coefficient (Wildman–Crippen LogP) is 4.63. The summed E-state index contributed by atoms with van der Waals surface area (Å²) < 4.78 is 5.44. The average Bonchev–Trinajstić information content (AvgIpc) is 3.18. The molecule has 3 nitrogen and oxygen atoms in total. The van der Waals surface area contributed by atoms with Gasteiger partial charge >= 0.3 is 0 Å². The Hall–Kier alpha value is -1.42. The Morgan fingerprint density at radius 3 is 3.04 bits per heavy atom. The maximum Gasteiger partial charge on any atom is 0.121 e. The van der Waals surface area contributed by atoms with Gasteiger partial charge in [-0.15, -0.1) is 11.8 Å². The summed E-state index contributed by atoms with van der Waals surface area (Å²) in [4.78, 5) is 0. The van der Waals surface area contributed by atoms with E-state index < -0.39 is 0 Å². The van der Waals surface area contributed by atoms with E-state index in [2.05, 4.69) is 47.7 Å². The highest BCUT2D eigenvalue weighted by Crippen LogP contribution is 2.60. The molecule has 4 aliphatic rings. The SMILES string of the molecule is COC1=CC2=CC[C@@H]3[C@H](CC[C@]4(C)c5[nH]nc(SC)c5C[C@@H]34)[C@H]2C=C1. The lowest BCUT2D eigenvalue weighted by molar-refractivity contribution is 0.0597. The van der Waals surface area contributed by atoms with E-state index in [-0.39, 0.29) is 5.41 Å². The van der Waals surface area contributed by atoms with Gasteiger partial charge < -0.3 is 4.74 Å². The number of hydrogen-bond acceptors (Lipinski definition) is 3. The summed E-state index contributed by atoms with van der Waals surface area (Å²) in [5.41, 5.74) is 4.72. The summed E-state index contributed by atoms with van der Waals surface area (Å²) in [6, 6.07) is 0. The first-order valence-electron chi connectivity index (χ1n) is 9.41. The summed E-state index contributed by atoms with van der Waals surface area (Å²) in [5.74, 6) is 3.89. The van der Waals surface area contributed by atoms with Crippen LogP contribution in [-0.4, -0.2) is 23.6 Å². The number of allylic oxidation sites excluding steroid dienone is 5. The quantitative estimate of drug-likeness (QED) is 0.787. The fraction of sp³-hybridized carbons (Fsp3) is 0.571. The molecule has 1 saturated carbocycles. The number of aromatic nitrogens is 2. The van der Waals surface area contributed by atoms with Gasteiger partial charge in [0, 0.05) is 22.6 Å². The predicted molar refractivity (Wildman–Crippen MR) is 102 cm³/mol. The van der Waals surface area contributed by atoms with E-state index in [0.29, 0.717) is 5.92 Å². The van der Waals surface area contributed by atoms with Crippen LogP contribution >= 0.6 is 11.8 Å². The first-order valence-corrected chi connectivity index (χ1v) is 10.6. The van der Waals surface area contributed by atoms with Crippen LogP contribution in [0.15, 0.2) is 40.7 Å². The van der Waals surface area contributed by atoms with Gasteiger partial charge in [-0.3, -0.25) is 5.10 Å². The van der Waals surface area contributed by atoms with E-state index in [0.717, 1.165) is 23.5 Å². The monoisotopic (exact) mass is 354 g/mol. The van der Waals surface area contributed by atoms with Crippen molar-refractivity contribution in [3.63, 3.8) is 0 Å². The van der Waals surface area contributed by atoms with E-state index in [4.69, 9.17) is 4.74 Å². The number of ether oxygens (including phenoxy) is 1. The summed E-state index contributed by atoms with van der Waals surface area (Å²) >= 11 is 1.79. The lowest BCUT2D eigenvalue weighted by Crippen LogP contribution is -2.46. The molecule has 25 heavy (non-hydrogen) atoms. The molecule has 1 N–H and O–H groups in total. The number of rotatable bonds is 2. The molecule has 0 radical (unpaired) electrons. The second-order valence-electron chi connectivity index (χ2n) is 8.26. The van der Waals surface area contributed by atoms with Crippen molar-refractivity contribution in [1.29, 1.82) is 0 Å². The average molecular weight is 355 g/mol. The van der Waals surface area contributed by atoms with Crippen LogP contribution in [0.4, 0.5) is 0 Å². The van der Waals surface area contributed by atoms with E-state index in [1.807, 2.05) is 0 Å². The number of H-pyrrole nitrogens is 1. The van der Waals surface area contributed by atoms with Crippen molar-refractivity contribution in [3.8, 4) is 0 Å². The standard InChI is InChI=1S/C21H26N2OS/c1-21-9-8-15-14-7-5-13(24-2)10-12(14)4-6-16(15)18(21)11-17-19(21)22-23-20(17)25-3/h4-5,7,10,14-16,18H,6,8-9,11H2,1-3H3,(H,22,23)/t14-,15+,16+,18-,21-/m0/s1. The molecule has 1 heterocycles. The second-order valence-corrected chi connectivity index (χ2v) is 9.05. The zero-order chi connectivity index (χ0) is 17.2. The van der Waals surface area contributed by atoms with Crippen molar-refractivity contribution in [2.75, 3.05) is 13.4 Å². The van der Waals surface area contributed by atoms with Crippen LogP contribution in [0.5, 0.6) is 0 Å². The molecule has 4 heteroatoms. The lowest BCUT2D eigenvalue weighted by atomic mass is 9.54. The Morgan fingerprint density at radius 2 is 2.24 bits per heavy atom. The van der Waals surface area contributed by atoms with Crippen LogP contribution in [0.25, 0.3) is 0 Å². The van der Waals surface area contributed by atoms with Crippen molar-refractivity contribution in [2.24, 2.45) is 23.7 Å². The van der Waals surface area contributed by atoms with Gasteiger partial charge in [-0.1, -0.05) is 19.1 Å². The number of methoxy groups -OCH3 is 1. The van der Waals surface area contributed by atoms with Crippen molar-refractivity contribution < 1.29 is 4.74 Å². The summed E-state index contributed by atoms with van der Waals surface area (Å²) in [7, 11) is 1.76. The Balaban J connectivity index is 1.50. The van der Waals surface area contributed by atoms with Crippen LogP contribution in [-0.2, 0) is 16.6 Å². The summed E-state index contributed by atoms with van der Waals surface area (Å²) in [6.45, 7) is 2.49. The lowest BCUT2D eigenvalue weighted by Gasteiger charge is -2.50. The Bertz CT molecular complexity index is 805. The molecular formula is C21H26N2OS. The highest BCUT2D eigenvalue weighted by Gasteiger charge is 2.55. The topological polar surface area (TPSA) is 37.9 Å². The van der Waals surface area contributed by atoms with Gasteiger partial charge in [0.05, 0.1) is 7.11 Å². The third-order valence-electron chi connectivity index (χ3n) is 7.38. The van der Waals surface area contributed by atoms with Crippen molar-refractivity contribution in [1.82, 2.24) is 10.2 Å². The van der Waals surface area contributed by atoms with E-state index in [1.165, 1.54) is 47.5 Å². The Kier molecular flexibility index (Phi) is 3.50. The molecule has 1 aromatic heterocycles. The Morgan fingerprint density at radius 1 is 1.36 bits per heavy atom. The first-order chi connectivity index (χ1) is 12.2. The van der Waals surface area contributed by atoms with E-state index in [9.17, 15) is 0 Å². The summed E-state index contributed by atoms with van der Waals surface area (Å²) in [5, 5.41) is 9.21. The summed E-state index contributed by atoms with van der Waals surface area (Å²) in [6.07, 6.45) is 16.5. The molecule has 4 aliphatic carbocycles. The molecule has 0 spiro atoms. The number of hydrogen-bond donors (Lipinski definition) is 1. The number of aromatic amines is 1. The van der Waals surface area contributed by atoms with Gasteiger partial charge in [0.15, 0.2) is 0 Å². The zero-order valence-corrected chi connectivity index (χ0v) is 16.0. The number of nitrogens with one attached hydrogen (secondary N) is 1. The van der Waals surface area contributed by atoms with Crippen LogP contribution in [0.1, 0.15) is 37.4 Å². The van der Waals surface area contributed by atoms with Crippen molar-refractivity contribution in [2.45, 2.75) is 43.0 Å². The molecule has 1 aromatic rings. The highest BCUT2D eigenvalue weighted by molar-refractivity contribution is 7.98. The van der Waals surface area contributed by atoms with Gasteiger partial charge in [0.2, 0.25) is 0 Å². The fourth-order valence-corrected chi connectivity index (χ4v) is 6.68. The molecule has 0 aromatic carbocycles. The highest BCUT2D eigenvalue weighted by atomic mass is 32.2. The second kappa shape index (κ2) is 5.54. The molecular weight excluding hydrogens is 328 g/mol. The number of fused-ring (bicyclic) bond motifs is 7. The number of nitrogens with zero attached hydrogens (tertiary/aromatic N) is 1. The largest absolute Gasteiger partial charge is 0.497 e. The van der Waals surface area contributed by atoms with Gasteiger partial charge in [0.1, 0.15) is 10.8 Å². The van der Waals surface area contributed by atoms with Crippen LogP contribution < -0.4 is 0 Å². The minimum absolute atomic E-state index is 0.286. The minimum atomic E-state index is 0.286. The fourth-order valence-electron chi connectivity index (χ4n) is 6.11. The third kappa shape index (κ3) is 2.09. The third-order valence-corrected chi connectivity index (χ3v) is 8.11. The number of thioether (sulfide) groups is 1. The molecule has 5 atom stereocenters. The first kappa shape index (κ1) is 15.8. The molecule has 0 unspecified atom stereocenters. The van der Waals surface area contributed by atoms with E-state index >= 15 is 0 Å². The Labute approximate surface area is 154 Å². The molecule has 0 aliphatic heterocycles. The minimum Gasteiger partial charge on any atom is -0.497 e. The van der Waals surface area contributed by atoms with Gasteiger partial charge in [-0.05, 0) is 67.4 Å². The smallest absolute Gasteiger partial charge is 0.121 e. The van der Waals surface area contributed by atoms with E-state index in [1.54, 1.807) is 18.9 Å². The maximum absolute atomic E-state index is 5.44. The molecule has 0 bridgehead atoms. The van der Waals surface area contributed by atoms with Crippen LogP contribution in [0, 0.1) is 23.7 Å². The zero-order valence-electron chi connectivity index (χ0n) is 15.2. The molecule has 132 valence electrons.